The van der Waals surface area contributed by atoms with Gasteiger partial charge in [-0.05, 0) is 18.2 Å². The van der Waals surface area contributed by atoms with E-state index in [1.807, 2.05) is 5.43 Å². The topological polar surface area (TPSA) is 123 Å². The summed E-state index contributed by atoms with van der Waals surface area (Å²) in [4.78, 5) is 33.9. The molecule has 0 aliphatic heterocycles. The van der Waals surface area contributed by atoms with Crippen molar-refractivity contribution in [3.05, 3.63) is 64.2 Å². The monoisotopic (exact) mass is 342 g/mol. The molecule has 0 heterocycles. The number of nitro groups is 1. The van der Waals surface area contributed by atoms with Crippen LogP contribution in [-0.2, 0) is 9.59 Å². The second kappa shape index (κ2) is 8.20. The molecule has 128 valence electrons. The zero-order valence-corrected chi connectivity index (χ0v) is 13.1. The van der Waals surface area contributed by atoms with Crippen molar-refractivity contribution in [1.82, 2.24) is 5.43 Å². The van der Waals surface area contributed by atoms with Gasteiger partial charge in [0.15, 0.2) is 0 Å². The van der Waals surface area contributed by atoms with E-state index in [9.17, 15) is 19.7 Å². The first-order valence-electron chi connectivity index (χ1n) is 7.03. The number of ether oxygens (including phenoxy) is 1. The van der Waals surface area contributed by atoms with Gasteiger partial charge in [-0.15, -0.1) is 0 Å². The number of nitro benzene ring substituents is 1. The first-order chi connectivity index (χ1) is 12.0. The summed E-state index contributed by atoms with van der Waals surface area (Å²) in [6, 6.07) is 12.4. The Hall–Kier alpha value is -3.75. The molecule has 0 atom stereocenters. The lowest BCUT2D eigenvalue weighted by molar-refractivity contribution is -0.385. The number of carbonyl (C=O) groups is 2. The number of hydrogen-bond acceptors (Lipinski definition) is 6. The van der Waals surface area contributed by atoms with E-state index in [1.165, 1.54) is 25.3 Å². The van der Waals surface area contributed by atoms with Gasteiger partial charge in [-0.2, -0.15) is 5.10 Å². The maximum Gasteiger partial charge on any atom is 0.329 e. The van der Waals surface area contributed by atoms with E-state index in [1.54, 1.807) is 30.3 Å². The summed E-state index contributed by atoms with van der Waals surface area (Å²) in [5.41, 5.74) is 2.36. The smallest absolute Gasteiger partial charge is 0.329 e. The molecule has 2 rings (SSSR count). The molecular weight excluding hydrogens is 328 g/mol. The van der Waals surface area contributed by atoms with Crippen LogP contribution in [0.25, 0.3) is 0 Å². The lowest BCUT2D eigenvalue weighted by Crippen LogP contribution is -2.32. The van der Waals surface area contributed by atoms with Gasteiger partial charge in [-0.1, -0.05) is 24.3 Å². The molecule has 0 aliphatic rings. The van der Waals surface area contributed by atoms with E-state index in [2.05, 4.69) is 10.4 Å². The standard InChI is InChI=1S/C16H14N4O5/c1-25-14-9-5-3-7-12(14)18-15(21)16(22)19-17-10-11-6-2-4-8-13(11)20(23)24/h2-10H,1H3,(H,18,21)(H,19,22)/b17-10+. The average molecular weight is 342 g/mol. The van der Waals surface area contributed by atoms with Crippen LogP contribution in [0.4, 0.5) is 11.4 Å². The minimum Gasteiger partial charge on any atom is -0.495 e. The lowest BCUT2D eigenvalue weighted by atomic mass is 10.2. The van der Waals surface area contributed by atoms with Gasteiger partial charge in [0, 0.05) is 6.07 Å². The summed E-state index contributed by atoms with van der Waals surface area (Å²) in [6.07, 6.45) is 1.09. The van der Waals surface area contributed by atoms with Crippen LogP contribution in [0.2, 0.25) is 0 Å². The Kier molecular flexibility index (Phi) is 5.77. The molecule has 25 heavy (non-hydrogen) atoms. The maximum atomic E-state index is 11.8. The van der Waals surface area contributed by atoms with Gasteiger partial charge >= 0.3 is 11.8 Å². The van der Waals surface area contributed by atoms with Gasteiger partial charge in [0.05, 0.1) is 29.5 Å². The quantitative estimate of drug-likeness (QED) is 0.370. The predicted molar refractivity (Wildman–Crippen MR) is 90.5 cm³/mol. The fourth-order valence-corrected chi connectivity index (χ4v) is 1.90. The van der Waals surface area contributed by atoms with Crippen LogP contribution in [0.3, 0.4) is 0 Å². The summed E-state index contributed by atoms with van der Waals surface area (Å²) in [5.74, 6) is -1.59. The Morgan fingerprint density at radius 2 is 1.80 bits per heavy atom. The molecule has 0 aliphatic carbocycles. The molecule has 0 spiro atoms. The molecule has 0 fully saturated rings. The zero-order chi connectivity index (χ0) is 18.2. The molecule has 2 aromatic carbocycles. The first-order valence-corrected chi connectivity index (χ1v) is 7.03. The molecule has 9 heteroatoms. The number of benzene rings is 2. The van der Waals surface area contributed by atoms with E-state index >= 15 is 0 Å². The highest BCUT2D eigenvalue weighted by atomic mass is 16.6. The van der Waals surface area contributed by atoms with Crippen molar-refractivity contribution in [1.29, 1.82) is 0 Å². The first kappa shape index (κ1) is 17.6. The summed E-state index contributed by atoms with van der Waals surface area (Å²) in [6.45, 7) is 0. The minimum atomic E-state index is -1.03. The molecule has 2 amide bonds. The molecule has 2 aromatic rings. The van der Waals surface area contributed by atoms with Crippen molar-refractivity contribution >= 4 is 29.4 Å². The van der Waals surface area contributed by atoms with Gasteiger partial charge in [0.25, 0.3) is 5.69 Å². The van der Waals surface area contributed by atoms with E-state index in [-0.39, 0.29) is 11.3 Å². The molecule has 0 saturated heterocycles. The van der Waals surface area contributed by atoms with Crippen molar-refractivity contribution in [3.63, 3.8) is 0 Å². The van der Waals surface area contributed by atoms with Gasteiger partial charge in [-0.3, -0.25) is 19.7 Å². The number of para-hydroxylation sites is 3. The molecule has 0 aromatic heterocycles. The van der Waals surface area contributed by atoms with Crippen LogP contribution in [0.1, 0.15) is 5.56 Å². The van der Waals surface area contributed by atoms with Crippen molar-refractivity contribution < 1.29 is 19.2 Å². The number of nitrogens with zero attached hydrogens (tertiary/aromatic N) is 2. The third-order valence-corrected chi connectivity index (χ3v) is 3.06. The highest BCUT2D eigenvalue weighted by Gasteiger charge is 2.15. The lowest BCUT2D eigenvalue weighted by Gasteiger charge is -2.08. The van der Waals surface area contributed by atoms with Crippen LogP contribution in [0.15, 0.2) is 53.6 Å². The Balaban J connectivity index is 2.00. The number of amides is 2. The number of anilines is 1. The Labute approximate surface area is 142 Å². The van der Waals surface area contributed by atoms with E-state index in [0.29, 0.717) is 11.4 Å². The number of hydrazone groups is 1. The van der Waals surface area contributed by atoms with Gasteiger partial charge in [-0.25, -0.2) is 5.43 Å². The summed E-state index contributed by atoms with van der Waals surface area (Å²) >= 11 is 0. The minimum absolute atomic E-state index is 0.168. The fraction of sp³-hybridized carbons (Fsp3) is 0.0625. The Morgan fingerprint density at radius 1 is 1.12 bits per heavy atom. The van der Waals surface area contributed by atoms with Crippen molar-refractivity contribution in [2.75, 3.05) is 12.4 Å². The van der Waals surface area contributed by atoms with Gasteiger partial charge in [0.2, 0.25) is 0 Å². The molecule has 9 nitrogen and oxygen atoms in total. The van der Waals surface area contributed by atoms with Crippen molar-refractivity contribution in [3.8, 4) is 5.75 Å². The third-order valence-electron chi connectivity index (χ3n) is 3.06. The van der Waals surface area contributed by atoms with Gasteiger partial charge < -0.3 is 10.1 Å². The highest BCUT2D eigenvalue weighted by molar-refractivity contribution is 6.39. The normalized spacial score (nSPS) is 10.3. The third kappa shape index (κ3) is 4.61. The molecule has 2 N–H and O–H groups in total. The largest absolute Gasteiger partial charge is 0.495 e. The van der Waals surface area contributed by atoms with Crippen LogP contribution in [-0.4, -0.2) is 30.1 Å². The summed E-state index contributed by atoms with van der Waals surface area (Å²) < 4.78 is 5.06. The second-order valence-corrected chi connectivity index (χ2v) is 4.67. The Morgan fingerprint density at radius 3 is 2.52 bits per heavy atom. The van der Waals surface area contributed by atoms with Crippen LogP contribution in [0.5, 0.6) is 5.75 Å². The molecule has 0 bridgehead atoms. The number of carbonyl (C=O) groups excluding carboxylic acids is 2. The number of rotatable bonds is 5. The SMILES string of the molecule is COc1ccccc1NC(=O)C(=O)N/N=C/c1ccccc1[N+](=O)[O-]. The highest BCUT2D eigenvalue weighted by Crippen LogP contribution is 2.22. The summed E-state index contributed by atoms with van der Waals surface area (Å²) in [7, 11) is 1.43. The van der Waals surface area contributed by atoms with E-state index < -0.39 is 16.7 Å². The van der Waals surface area contributed by atoms with E-state index in [0.717, 1.165) is 6.21 Å². The number of hydrogen-bond donors (Lipinski definition) is 2. The molecular formula is C16H14N4O5. The average Bonchev–Trinajstić information content (AvgIpc) is 2.62. The van der Waals surface area contributed by atoms with Crippen LogP contribution < -0.4 is 15.5 Å². The summed E-state index contributed by atoms with van der Waals surface area (Å²) in [5, 5.41) is 16.8. The second-order valence-electron chi connectivity index (χ2n) is 4.67. The van der Waals surface area contributed by atoms with Gasteiger partial charge in [0.1, 0.15) is 5.75 Å². The van der Waals surface area contributed by atoms with Crippen molar-refractivity contribution in [2.45, 2.75) is 0 Å². The van der Waals surface area contributed by atoms with Crippen molar-refractivity contribution in [2.24, 2.45) is 5.10 Å². The zero-order valence-electron chi connectivity index (χ0n) is 13.1. The number of nitrogens with one attached hydrogen (secondary N) is 2. The fourth-order valence-electron chi connectivity index (χ4n) is 1.90. The number of methoxy groups -OCH3 is 1. The molecule has 0 saturated carbocycles. The maximum absolute atomic E-state index is 11.8. The Bertz CT molecular complexity index is 835. The molecule has 0 radical (unpaired) electrons. The van der Waals surface area contributed by atoms with E-state index in [4.69, 9.17) is 4.74 Å². The predicted octanol–water partition coefficient (Wildman–Crippen LogP) is 1.69. The molecule has 0 unspecified atom stereocenters. The van der Waals surface area contributed by atoms with Crippen LogP contribution in [0, 0.1) is 10.1 Å². The van der Waals surface area contributed by atoms with Crippen LogP contribution >= 0.6 is 0 Å².